The summed E-state index contributed by atoms with van der Waals surface area (Å²) in [7, 11) is 1.96. The molecule has 1 N–H and O–H groups in total. The van der Waals surface area contributed by atoms with Crippen LogP contribution in [0.2, 0.25) is 0 Å². The lowest BCUT2D eigenvalue weighted by Crippen LogP contribution is -2.20. The molecule has 0 aliphatic heterocycles. The van der Waals surface area contributed by atoms with Crippen molar-refractivity contribution in [2.24, 2.45) is 0 Å². The van der Waals surface area contributed by atoms with Gasteiger partial charge in [0.1, 0.15) is 0 Å². The lowest BCUT2D eigenvalue weighted by atomic mass is 10.1. The average molecular weight is 348 g/mol. The molecule has 2 aromatic carbocycles. The van der Waals surface area contributed by atoms with E-state index in [0.717, 1.165) is 30.5 Å². The maximum Gasteiger partial charge on any atom is 0.0949 e. The Morgan fingerprint density at radius 2 is 1.90 bits per heavy atom. The lowest BCUT2D eigenvalue weighted by Gasteiger charge is -2.18. The molecule has 0 radical (unpaired) electrons. The van der Waals surface area contributed by atoms with Gasteiger partial charge in [-0.3, -0.25) is 0 Å². The molecule has 0 amide bonds. The highest BCUT2D eigenvalue weighted by atomic mass is 79.9. The van der Waals surface area contributed by atoms with Crippen LogP contribution in [0.15, 0.2) is 59.1 Å². The number of hydrogen-bond donors (Lipinski definition) is 1. The van der Waals surface area contributed by atoms with Gasteiger partial charge in [-0.1, -0.05) is 58.4 Å². The summed E-state index contributed by atoms with van der Waals surface area (Å²) in [6.07, 6.45) is 2.20. The van der Waals surface area contributed by atoms with Crippen molar-refractivity contribution in [2.75, 3.05) is 20.2 Å². The summed E-state index contributed by atoms with van der Waals surface area (Å²) in [6, 6.07) is 18.9. The summed E-state index contributed by atoms with van der Waals surface area (Å²) in [5.74, 6) is 0. The molecule has 0 saturated carbocycles. The zero-order valence-corrected chi connectivity index (χ0v) is 14.0. The number of hydrogen-bond acceptors (Lipinski definition) is 2. The Morgan fingerprint density at radius 1 is 1.10 bits per heavy atom. The third-order valence-corrected chi connectivity index (χ3v) is 3.87. The van der Waals surface area contributed by atoms with Gasteiger partial charge in [0, 0.05) is 17.6 Å². The molecule has 1 unspecified atom stereocenters. The summed E-state index contributed by atoms with van der Waals surface area (Å²) in [6.45, 7) is 1.59. The van der Waals surface area contributed by atoms with Gasteiger partial charge in [0.2, 0.25) is 0 Å². The minimum atomic E-state index is 0.100. The quantitative estimate of drug-likeness (QED) is 0.716. The van der Waals surface area contributed by atoms with Crippen molar-refractivity contribution >= 4 is 15.9 Å². The SMILES string of the molecule is CNCC(OCCCc1ccccc1)c1cccc(Br)c1. The largest absolute Gasteiger partial charge is 0.372 e. The van der Waals surface area contributed by atoms with Crippen LogP contribution in [0.3, 0.4) is 0 Å². The Hall–Kier alpha value is -1.16. The normalized spacial score (nSPS) is 12.3. The second-order valence-electron chi connectivity index (χ2n) is 5.06. The van der Waals surface area contributed by atoms with Crippen LogP contribution < -0.4 is 5.32 Å². The van der Waals surface area contributed by atoms with Crippen molar-refractivity contribution in [1.82, 2.24) is 5.32 Å². The predicted octanol–water partition coefficient (Wildman–Crippen LogP) is 4.36. The van der Waals surface area contributed by atoms with Crippen LogP contribution >= 0.6 is 15.9 Å². The van der Waals surface area contributed by atoms with E-state index in [-0.39, 0.29) is 6.10 Å². The van der Waals surface area contributed by atoms with Crippen LogP contribution in [-0.4, -0.2) is 20.2 Å². The van der Waals surface area contributed by atoms with E-state index in [4.69, 9.17) is 4.74 Å². The molecule has 0 saturated heterocycles. The summed E-state index contributed by atoms with van der Waals surface area (Å²) < 4.78 is 7.15. The molecule has 112 valence electrons. The fourth-order valence-electron chi connectivity index (χ4n) is 2.31. The molecule has 0 fully saturated rings. The zero-order valence-electron chi connectivity index (χ0n) is 12.4. The van der Waals surface area contributed by atoms with Gasteiger partial charge in [-0.2, -0.15) is 0 Å². The smallest absolute Gasteiger partial charge is 0.0949 e. The summed E-state index contributed by atoms with van der Waals surface area (Å²) >= 11 is 3.52. The first-order valence-corrected chi connectivity index (χ1v) is 8.14. The molecule has 2 aromatic rings. The van der Waals surface area contributed by atoms with Crippen molar-refractivity contribution in [3.8, 4) is 0 Å². The predicted molar refractivity (Wildman–Crippen MR) is 91.5 cm³/mol. The van der Waals surface area contributed by atoms with E-state index in [0.29, 0.717) is 0 Å². The van der Waals surface area contributed by atoms with Gasteiger partial charge in [-0.25, -0.2) is 0 Å². The third kappa shape index (κ3) is 5.62. The Morgan fingerprint density at radius 3 is 2.62 bits per heavy atom. The first-order valence-electron chi connectivity index (χ1n) is 7.35. The fourth-order valence-corrected chi connectivity index (χ4v) is 2.73. The van der Waals surface area contributed by atoms with Crippen molar-refractivity contribution < 1.29 is 4.74 Å². The van der Waals surface area contributed by atoms with E-state index in [1.165, 1.54) is 11.1 Å². The standard InChI is InChI=1S/C18H22BrNO/c1-20-14-18(16-10-5-11-17(19)13-16)21-12-6-9-15-7-3-2-4-8-15/h2-5,7-8,10-11,13,18,20H,6,9,12,14H2,1H3. The number of likely N-dealkylation sites (N-methyl/N-ethyl adjacent to an activating group) is 1. The molecule has 0 aliphatic carbocycles. The number of rotatable bonds is 8. The van der Waals surface area contributed by atoms with Crippen molar-refractivity contribution in [2.45, 2.75) is 18.9 Å². The molecular formula is C18H22BrNO. The Kier molecular flexibility index (Phi) is 6.93. The molecule has 0 heterocycles. The third-order valence-electron chi connectivity index (χ3n) is 3.38. The maximum atomic E-state index is 6.06. The van der Waals surface area contributed by atoms with Gasteiger partial charge >= 0.3 is 0 Å². The number of benzene rings is 2. The number of nitrogens with one attached hydrogen (secondary N) is 1. The summed E-state index contributed by atoms with van der Waals surface area (Å²) in [5.41, 5.74) is 2.58. The molecule has 0 aliphatic rings. The van der Waals surface area contributed by atoms with Crippen molar-refractivity contribution in [3.63, 3.8) is 0 Å². The van der Waals surface area contributed by atoms with Gasteiger partial charge in [0.15, 0.2) is 0 Å². The van der Waals surface area contributed by atoms with Crippen LogP contribution in [0, 0.1) is 0 Å². The zero-order chi connectivity index (χ0) is 14.9. The number of ether oxygens (including phenoxy) is 1. The van der Waals surface area contributed by atoms with Gasteiger partial charge < -0.3 is 10.1 Å². The number of halogens is 1. The Bertz CT molecular complexity index is 530. The molecule has 0 spiro atoms. The summed E-state index contributed by atoms with van der Waals surface area (Å²) in [5, 5.41) is 3.20. The lowest BCUT2D eigenvalue weighted by molar-refractivity contribution is 0.0523. The van der Waals surface area contributed by atoms with Crippen molar-refractivity contribution in [1.29, 1.82) is 0 Å². The summed E-state index contributed by atoms with van der Waals surface area (Å²) in [4.78, 5) is 0. The van der Waals surface area contributed by atoms with Gasteiger partial charge in [0.25, 0.3) is 0 Å². The van der Waals surface area contributed by atoms with Gasteiger partial charge in [-0.15, -0.1) is 0 Å². The van der Waals surface area contributed by atoms with E-state index in [1.807, 2.05) is 13.1 Å². The van der Waals surface area contributed by atoms with Crippen molar-refractivity contribution in [3.05, 3.63) is 70.2 Å². The highest BCUT2D eigenvalue weighted by molar-refractivity contribution is 9.10. The molecule has 3 heteroatoms. The van der Waals surface area contributed by atoms with Gasteiger partial charge in [-0.05, 0) is 43.1 Å². The Balaban J connectivity index is 1.83. The van der Waals surface area contributed by atoms with Crippen LogP contribution in [0.1, 0.15) is 23.7 Å². The van der Waals surface area contributed by atoms with Gasteiger partial charge in [0.05, 0.1) is 6.10 Å². The van der Waals surface area contributed by atoms with E-state index >= 15 is 0 Å². The highest BCUT2D eigenvalue weighted by Crippen LogP contribution is 2.21. The van der Waals surface area contributed by atoms with E-state index in [9.17, 15) is 0 Å². The van der Waals surface area contributed by atoms with Crippen LogP contribution in [0.4, 0.5) is 0 Å². The molecule has 1 atom stereocenters. The van der Waals surface area contributed by atoms with Crippen LogP contribution in [-0.2, 0) is 11.2 Å². The van der Waals surface area contributed by atoms with E-state index in [2.05, 4.69) is 69.8 Å². The first kappa shape index (κ1) is 16.2. The maximum absolute atomic E-state index is 6.06. The second kappa shape index (κ2) is 8.98. The minimum Gasteiger partial charge on any atom is -0.372 e. The average Bonchev–Trinajstić information content (AvgIpc) is 2.51. The van der Waals surface area contributed by atoms with Crippen LogP contribution in [0.5, 0.6) is 0 Å². The molecule has 2 nitrogen and oxygen atoms in total. The highest BCUT2D eigenvalue weighted by Gasteiger charge is 2.11. The first-order chi connectivity index (χ1) is 10.3. The minimum absolute atomic E-state index is 0.100. The van der Waals surface area contributed by atoms with E-state index < -0.39 is 0 Å². The monoisotopic (exact) mass is 347 g/mol. The molecule has 0 bridgehead atoms. The molecular weight excluding hydrogens is 326 g/mol. The number of aryl methyl sites for hydroxylation is 1. The molecule has 2 rings (SSSR count). The topological polar surface area (TPSA) is 21.3 Å². The Labute approximate surface area is 135 Å². The molecule has 0 aromatic heterocycles. The second-order valence-corrected chi connectivity index (χ2v) is 5.98. The van der Waals surface area contributed by atoms with E-state index in [1.54, 1.807) is 0 Å². The van der Waals surface area contributed by atoms with Crippen LogP contribution in [0.25, 0.3) is 0 Å². The fraction of sp³-hybridized carbons (Fsp3) is 0.333. The molecule has 21 heavy (non-hydrogen) atoms.